The van der Waals surface area contributed by atoms with Crippen LogP contribution in [-0.2, 0) is 0 Å². The molecule has 0 N–H and O–H groups in total. The van der Waals surface area contributed by atoms with E-state index in [0.717, 1.165) is 0 Å². The molecule has 0 rings (SSSR count). The average molecular weight is 343 g/mol. The molecule has 0 aromatic heterocycles. The lowest BCUT2D eigenvalue weighted by atomic mass is 11.0. The molecule has 0 radical (unpaired) electrons. The van der Waals surface area contributed by atoms with Crippen LogP contribution in [0.15, 0.2) is 0 Å². The van der Waals surface area contributed by atoms with E-state index in [-0.39, 0.29) is 7.55 Å². The molecular formula is C4H10I2P+. The monoisotopic (exact) mass is 343 g/mol. The Morgan fingerprint density at radius 1 is 1.57 bits per heavy atom. The van der Waals surface area contributed by atoms with Crippen LogP contribution in [0.4, 0.5) is 0 Å². The van der Waals surface area contributed by atoms with Crippen LogP contribution in [0.1, 0.15) is 6.92 Å². The van der Waals surface area contributed by atoms with Crippen LogP contribution in [0.5, 0.6) is 0 Å². The molecule has 3 heteroatoms. The van der Waals surface area contributed by atoms with Crippen molar-refractivity contribution in [2.75, 3.05) is 12.8 Å². The topological polar surface area (TPSA) is 0 Å². The summed E-state index contributed by atoms with van der Waals surface area (Å²) in [6.45, 7) is 4.34. The van der Waals surface area contributed by atoms with E-state index >= 15 is 0 Å². The molecule has 7 heavy (non-hydrogen) atoms. The molecule has 0 spiro atoms. The van der Waals surface area contributed by atoms with Crippen LogP contribution >= 0.6 is 44.8 Å². The van der Waals surface area contributed by atoms with Crippen LogP contribution in [0.25, 0.3) is 0 Å². The van der Waals surface area contributed by atoms with Crippen LogP contribution in [-0.4, -0.2) is 19.1 Å². The second-order valence-electron chi connectivity index (χ2n) is 1.17. The van der Waals surface area contributed by atoms with Crippen molar-refractivity contribution in [3.8, 4) is 0 Å². The summed E-state index contributed by atoms with van der Waals surface area (Å²) in [6.07, 6.45) is 5.08. The van der Waals surface area contributed by atoms with Crippen molar-refractivity contribution in [2.45, 2.75) is 6.92 Å². The number of hydrogen-bond donors (Lipinski definition) is 0. The van der Waals surface area contributed by atoms with Crippen molar-refractivity contribution in [2.24, 2.45) is 0 Å². The highest BCUT2D eigenvalue weighted by Crippen LogP contribution is 2.08. The molecule has 0 aliphatic carbocycles. The minimum atomic E-state index is 0.152. The molecule has 0 saturated heterocycles. The van der Waals surface area contributed by atoms with E-state index in [4.69, 9.17) is 0 Å². The standard InChI is InChI=1S/C4H10P.I2/c1-4-5(2)3;1-2/h2,4H2,1,3H3;/q+1;. The molecule has 0 amide bonds. The fourth-order valence-corrected chi connectivity index (χ4v) is 0. The molecule has 0 aliphatic rings. The third kappa shape index (κ3) is 18.4. The summed E-state index contributed by atoms with van der Waals surface area (Å²) >= 11 is 4.24. The van der Waals surface area contributed by atoms with Crippen molar-refractivity contribution in [1.29, 1.82) is 0 Å². The van der Waals surface area contributed by atoms with Gasteiger partial charge in [0, 0.05) is 37.2 Å². The summed E-state index contributed by atoms with van der Waals surface area (Å²) in [7, 11) is 0.152. The van der Waals surface area contributed by atoms with Crippen molar-refractivity contribution < 1.29 is 0 Å². The fraction of sp³-hybridized carbons (Fsp3) is 0.750. The van der Waals surface area contributed by atoms with Gasteiger partial charge in [-0.1, -0.05) is 0 Å². The van der Waals surface area contributed by atoms with Crippen molar-refractivity contribution >= 4 is 51.1 Å². The quantitative estimate of drug-likeness (QED) is 0.506. The van der Waals surface area contributed by atoms with Gasteiger partial charge in [-0.05, 0) is 6.92 Å². The molecule has 0 fully saturated rings. The zero-order valence-corrected chi connectivity index (χ0v) is 9.83. The van der Waals surface area contributed by atoms with Gasteiger partial charge in [0.15, 0.2) is 0 Å². The predicted octanol–water partition coefficient (Wildman–Crippen LogP) is 3.32. The van der Waals surface area contributed by atoms with Gasteiger partial charge in [0.25, 0.3) is 0 Å². The average Bonchev–Trinajstić information content (AvgIpc) is 1.73. The number of halogens is 2. The first-order valence-corrected chi connectivity index (χ1v) is 10.4. The minimum absolute atomic E-state index is 0.152. The Kier molecular flexibility index (Phi) is 17.3. The minimum Gasteiger partial charge on any atom is -0.0243 e. The maximum absolute atomic E-state index is 3.82. The highest BCUT2D eigenvalue weighted by atomic mass is 128. The summed E-state index contributed by atoms with van der Waals surface area (Å²) < 4.78 is 0. The lowest BCUT2D eigenvalue weighted by Crippen LogP contribution is -1.56. The van der Waals surface area contributed by atoms with E-state index in [1.807, 2.05) is 0 Å². The maximum Gasteiger partial charge on any atom is 0.103 e. The van der Waals surface area contributed by atoms with Gasteiger partial charge in [0.05, 0.1) is 20.5 Å². The first kappa shape index (κ1) is 11.4. The SMILES string of the molecule is C=[P+](C)CC.II. The molecule has 44 valence electrons. The first-order valence-electron chi connectivity index (χ1n) is 1.93. The normalized spacial score (nSPS) is 8.86. The molecule has 0 aliphatic heterocycles. The molecule has 0 nitrogen and oxygen atoms in total. The molecule has 0 saturated carbocycles. The fourth-order valence-electron chi connectivity index (χ4n) is 0. The van der Waals surface area contributed by atoms with Gasteiger partial charge in [0.2, 0.25) is 0 Å². The maximum atomic E-state index is 3.82. The molecule has 0 aromatic rings. The van der Waals surface area contributed by atoms with Crippen molar-refractivity contribution in [3.63, 3.8) is 0 Å². The third-order valence-corrected chi connectivity index (χ3v) is 1.62. The van der Waals surface area contributed by atoms with E-state index < -0.39 is 0 Å². The predicted molar refractivity (Wildman–Crippen MR) is 58.5 cm³/mol. The molecule has 0 aromatic carbocycles. The van der Waals surface area contributed by atoms with E-state index in [1.54, 1.807) is 0 Å². The first-order chi connectivity index (χ1) is 3.27. The second-order valence-corrected chi connectivity index (χ2v) is 3.52. The molecule has 0 heterocycles. The molecule has 1 unspecified atom stereocenters. The van der Waals surface area contributed by atoms with Crippen LogP contribution in [0, 0.1) is 0 Å². The van der Waals surface area contributed by atoms with Gasteiger partial charge in [0.1, 0.15) is 6.16 Å². The van der Waals surface area contributed by atoms with Gasteiger partial charge in [-0.15, -0.1) is 0 Å². The molecule has 0 bridgehead atoms. The Labute approximate surface area is 70.2 Å². The van der Waals surface area contributed by atoms with E-state index in [1.165, 1.54) is 6.16 Å². The molecular weight excluding hydrogens is 333 g/mol. The van der Waals surface area contributed by atoms with Gasteiger partial charge in [-0.3, -0.25) is 0 Å². The van der Waals surface area contributed by atoms with Crippen LogP contribution < -0.4 is 0 Å². The Bertz CT molecular complexity index is 45.0. The Balaban J connectivity index is 0. The largest absolute Gasteiger partial charge is 0.103 e. The van der Waals surface area contributed by atoms with Gasteiger partial charge in [-0.25, -0.2) is 0 Å². The summed E-state index contributed by atoms with van der Waals surface area (Å²) in [5.41, 5.74) is 0. The highest BCUT2D eigenvalue weighted by molar-refractivity contribution is 15.0. The third-order valence-electron chi connectivity index (χ3n) is 0.540. The lowest BCUT2D eigenvalue weighted by molar-refractivity contribution is 1.52. The van der Waals surface area contributed by atoms with E-state index in [0.29, 0.717) is 0 Å². The van der Waals surface area contributed by atoms with Crippen molar-refractivity contribution in [3.05, 3.63) is 0 Å². The summed E-state index contributed by atoms with van der Waals surface area (Å²) in [5, 5.41) is 0. The van der Waals surface area contributed by atoms with E-state index in [9.17, 15) is 0 Å². The Morgan fingerprint density at radius 2 is 1.71 bits per heavy atom. The van der Waals surface area contributed by atoms with E-state index in [2.05, 4.69) is 57.1 Å². The number of hydrogen-bond acceptors (Lipinski definition) is 0. The Morgan fingerprint density at radius 3 is 1.71 bits per heavy atom. The van der Waals surface area contributed by atoms with Gasteiger partial charge >= 0.3 is 0 Å². The Hall–Kier alpha value is 1.63. The van der Waals surface area contributed by atoms with Crippen LogP contribution in [0.2, 0.25) is 0 Å². The summed E-state index contributed by atoms with van der Waals surface area (Å²) in [6, 6.07) is 0. The summed E-state index contributed by atoms with van der Waals surface area (Å²) in [4.78, 5) is 0. The number of rotatable bonds is 1. The van der Waals surface area contributed by atoms with Crippen LogP contribution in [0.3, 0.4) is 0 Å². The van der Waals surface area contributed by atoms with Crippen molar-refractivity contribution in [1.82, 2.24) is 0 Å². The highest BCUT2D eigenvalue weighted by Gasteiger charge is 1.81. The lowest BCUT2D eigenvalue weighted by Gasteiger charge is -1.65. The zero-order valence-electron chi connectivity index (χ0n) is 4.62. The molecule has 1 atom stereocenters. The van der Waals surface area contributed by atoms with Gasteiger partial charge in [-0.2, -0.15) is 0 Å². The smallest absolute Gasteiger partial charge is 0.0243 e. The van der Waals surface area contributed by atoms with Gasteiger partial charge < -0.3 is 0 Å². The summed E-state index contributed by atoms with van der Waals surface area (Å²) in [5.74, 6) is 0. The second kappa shape index (κ2) is 10.6. The zero-order chi connectivity index (χ0) is 6.28.